The summed E-state index contributed by atoms with van der Waals surface area (Å²) in [6.45, 7) is 1.83. The van der Waals surface area contributed by atoms with Crippen LogP contribution in [0, 0.1) is 0 Å². The molecule has 0 saturated carbocycles. The lowest BCUT2D eigenvalue weighted by atomic mass is 10.2. The summed E-state index contributed by atoms with van der Waals surface area (Å²) in [7, 11) is 2.61. The first-order valence-corrected chi connectivity index (χ1v) is 8.17. The van der Waals surface area contributed by atoms with Crippen LogP contribution in [0.15, 0.2) is 23.2 Å². The molecule has 128 valence electrons. The number of hydrogen-bond donors (Lipinski definition) is 0. The zero-order chi connectivity index (χ0) is 17.7. The number of carbonyl (C=O) groups excluding carboxylic acids is 3. The highest BCUT2D eigenvalue weighted by Crippen LogP contribution is 2.20. The van der Waals surface area contributed by atoms with E-state index in [0.717, 1.165) is 4.70 Å². The SMILES string of the molecule is CCCC(=O)N=c1sc2cc(C(=O)OC)ccc2n1CC(=O)OC. The number of rotatable bonds is 5. The molecule has 1 aromatic heterocycles. The standard InChI is InChI=1S/C16H18N2O5S/c1-4-5-13(19)17-16-18(9-14(20)22-2)11-7-6-10(15(21)23-3)8-12(11)24-16/h6-8H,4-5,9H2,1-3H3. The molecule has 0 fully saturated rings. The highest BCUT2D eigenvalue weighted by molar-refractivity contribution is 7.16. The van der Waals surface area contributed by atoms with Gasteiger partial charge in [0.15, 0.2) is 4.80 Å². The topological polar surface area (TPSA) is 87.0 Å². The number of nitrogens with zero attached hydrogens (tertiary/aromatic N) is 2. The van der Waals surface area contributed by atoms with Crippen molar-refractivity contribution in [2.45, 2.75) is 26.3 Å². The molecule has 24 heavy (non-hydrogen) atoms. The molecule has 8 heteroatoms. The van der Waals surface area contributed by atoms with E-state index >= 15 is 0 Å². The number of hydrogen-bond acceptors (Lipinski definition) is 6. The molecule has 0 bridgehead atoms. The molecule has 1 heterocycles. The second kappa shape index (κ2) is 7.87. The number of carbonyl (C=O) groups is 3. The van der Waals surface area contributed by atoms with Crippen LogP contribution in [-0.2, 0) is 25.6 Å². The van der Waals surface area contributed by atoms with E-state index in [0.29, 0.717) is 28.7 Å². The maximum atomic E-state index is 11.9. The first-order valence-electron chi connectivity index (χ1n) is 7.36. The average molecular weight is 350 g/mol. The zero-order valence-electron chi connectivity index (χ0n) is 13.7. The maximum absolute atomic E-state index is 11.9. The number of aromatic nitrogens is 1. The van der Waals surface area contributed by atoms with Gasteiger partial charge in [0.1, 0.15) is 6.54 Å². The van der Waals surface area contributed by atoms with Gasteiger partial charge in [-0.3, -0.25) is 9.59 Å². The lowest BCUT2D eigenvalue weighted by molar-refractivity contribution is -0.141. The van der Waals surface area contributed by atoms with E-state index < -0.39 is 11.9 Å². The molecule has 0 unspecified atom stereocenters. The number of methoxy groups -OCH3 is 2. The van der Waals surface area contributed by atoms with Crippen LogP contribution in [0.4, 0.5) is 0 Å². The van der Waals surface area contributed by atoms with E-state index in [1.165, 1.54) is 25.6 Å². The molecule has 7 nitrogen and oxygen atoms in total. The van der Waals surface area contributed by atoms with E-state index in [4.69, 9.17) is 9.47 Å². The normalized spacial score (nSPS) is 11.5. The van der Waals surface area contributed by atoms with Crippen molar-refractivity contribution in [3.63, 3.8) is 0 Å². The fourth-order valence-corrected chi connectivity index (χ4v) is 3.21. The van der Waals surface area contributed by atoms with Crippen LogP contribution >= 0.6 is 11.3 Å². The lowest BCUT2D eigenvalue weighted by Crippen LogP contribution is -2.22. The minimum atomic E-state index is -0.453. The fraction of sp³-hybridized carbons (Fsp3) is 0.375. The summed E-state index contributed by atoms with van der Waals surface area (Å²) in [6, 6.07) is 4.96. The Labute approximate surface area is 142 Å². The summed E-state index contributed by atoms with van der Waals surface area (Å²) in [5, 5.41) is 0. The van der Waals surface area contributed by atoms with Crippen LogP contribution in [0.1, 0.15) is 30.1 Å². The second-order valence-corrected chi connectivity index (χ2v) is 5.99. The third-order valence-corrected chi connectivity index (χ3v) is 4.34. The Hall–Kier alpha value is -2.48. The number of benzene rings is 1. The number of fused-ring (bicyclic) bond motifs is 1. The summed E-state index contributed by atoms with van der Waals surface area (Å²) in [6.07, 6.45) is 1.02. The number of amides is 1. The van der Waals surface area contributed by atoms with Gasteiger partial charge in [-0.1, -0.05) is 18.3 Å². The van der Waals surface area contributed by atoms with E-state index in [1.54, 1.807) is 22.8 Å². The quantitative estimate of drug-likeness (QED) is 0.769. The van der Waals surface area contributed by atoms with Crippen molar-refractivity contribution in [1.29, 1.82) is 0 Å². The van der Waals surface area contributed by atoms with Gasteiger partial charge in [0.05, 0.1) is 30.0 Å². The maximum Gasteiger partial charge on any atom is 0.337 e. The van der Waals surface area contributed by atoms with Gasteiger partial charge in [0.2, 0.25) is 5.91 Å². The Bertz CT molecular complexity index is 850. The van der Waals surface area contributed by atoms with E-state index in [9.17, 15) is 14.4 Å². The molecule has 0 saturated heterocycles. The molecule has 0 spiro atoms. The van der Waals surface area contributed by atoms with Gasteiger partial charge in [-0.25, -0.2) is 4.79 Å². The average Bonchev–Trinajstić information content (AvgIpc) is 2.90. The lowest BCUT2D eigenvalue weighted by Gasteiger charge is -2.04. The van der Waals surface area contributed by atoms with Gasteiger partial charge < -0.3 is 14.0 Å². The number of thiazole rings is 1. The van der Waals surface area contributed by atoms with Crippen molar-refractivity contribution in [2.24, 2.45) is 4.99 Å². The Morgan fingerprint density at radius 2 is 1.96 bits per heavy atom. The summed E-state index contributed by atoms with van der Waals surface area (Å²) < 4.78 is 11.7. The molecule has 0 atom stereocenters. The predicted octanol–water partition coefficient (Wildman–Crippen LogP) is 1.89. The van der Waals surface area contributed by atoms with E-state index in [2.05, 4.69) is 4.99 Å². The van der Waals surface area contributed by atoms with Gasteiger partial charge in [0.25, 0.3) is 0 Å². The molecule has 0 radical (unpaired) electrons. The van der Waals surface area contributed by atoms with Crippen LogP contribution in [-0.4, -0.2) is 36.6 Å². The third-order valence-electron chi connectivity index (χ3n) is 3.30. The second-order valence-electron chi connectivity index (χ2n) is 4.98. The number of esters is 2. The van der Waals surface area contributed by atoms with Crippen molar-refractivity contribution >= 4 is 39.4 Å². The Morgan fingerprint density at radius 3 is 2.58 bits per heavy atom. The van der Waals surface area contributed by atoms with Gasteiger partial charge in [-0.2, -0.15) is 4.99 Å². The fourth-order valence-electron chi connectivity index (χ4n) is 2.13. The largest absolute Gasteiger partial charge is 0.468 e. The molecule has 2 aromatic rings. The zero-order valence-corrected chi connectivity index (χ0v) is 14.5. The van der Waals surface area contributed by atoms with Crippen molar-refractivity contribution in [2.75, 3.05) is 14.2 Å². The van der Waals surface area contributed by atoms with E-state index in [-0.39, 0.29) is 12.5 Å². The predicted molar refractivity (Wildman–Crippen MR) is 88.6 cm³/mol. The molecular formula is C16H18N2O5S. The molecule has 2 rings (SSSR count). The Balaban J connectivity index is 2.61. The minimum absolute atomic E-state index is 0.0632. The Kier molecular flexibility index (Phi) is 5.86. The summed E-state index contributed by atoms with van der Waals surface area (Å²) in [4.78, 5) is 39.7. The van der Waals surface area contributed by atoms with E-state index in [1.807, 2.05) is 6.92 Å². The highest BCUT2D eigenvalue weighted by atomic mass is 32.1. The summed E-state index contributed by atoms with van der Waals surface area (Å²) in [5.41, 5.74) is 1.09. The van der Waals surface area contributed by atoms with Gasteiger partial charge >= 0.3 is 11.9 Å². The summed E-state index contributed by atoms with van der Waals surface area (Å²) >= 11 is 1.23. The van der Waals surface area contributed by atoms with Crippen LogP contribution < -0.4 is 4.80 Å². The van der Waals surface area contributed by atoms with Crippen molar-refractivity contribution in [3.05, 3.63) is 28.6 Å². The van der Waals surface area contributed by atoms with Crippen LogP contribution in [0.2, 0.25) is 0 Å². The van der Waals surface area contributed by atoms with Gasteiger partial charge in [-0.05, 0) is 24.6 Å². The number of ether oxygens (including phenoxy) is 2. The van der Waals surface area contributed by atoms with Gasteiger partial charge in [-0.15, -0.1) is 0 Å². The molecule has 0 aliphatic heterocycles. The molecule has 0 aliphatic rings. The Morgan fingerprint density at radius 1 is 1.21 bits per heavy atom. The van der Waals surface area contributed by atoms with Crippen LogP contribution in [0.3, 0.4) is 0 Å². The van der Waals surface area contributed by atoms with Crippen molar-refractivity contribution < 1.29 is 23.9 Å². The first kappa shape index (κ1) is 17.9. The molecule has 1 aromatic carbocycles. The minimum Gasteiger partial charge on any atom is -0.468 e. The molecule has 0 N–H and O–H groups in total. The van der Waals surface area contributed by atoms with Crippen LogP contribution in [0.25, 0.3) is 10.2 Å². The molecule has 1 amide bonds. The van der Waals surface area contributed by atoms with Crippen molar-refractivity contribution in [1.82, 2.24) is 4.57 Å². The molecular weight excluding hydrogens is 332 g/mol. The monoisotopic (exact) mass is 350 g/mol. The van der Waals surface area contributed by atoms with Crippen LogP contribution in [0.5, 0.6) is 0 Å². The highest BCUT2D eigenvalue weighted by Gasteiger charge is 2.14. The summed E-state index contributed by atoms with van der Waals surface area (Å²) in [5.74, 6) is -1.16. The smallest absolute Gasteiger partial charge is 0.337 e. The van der Waals surface area contributed by atoms with Crippen molar-refractivity contribution in [3.8, 4) is 0 Å². The third kappa shape index (κ3) is 3.88. The van der Waals surface area contributed by atoms with Gasteiger partial charge in [0, 0.05) is 6.42 Å². The first-order chi connectivity index (χ1) is 11.5. The molecule has 0 aliphatic carbocycles.